The van der Waals surface area contributed by atoms with Gasteiger partial charge in [0.15, 0.2) is 5.78 Å². The lowest BCUT2D eigenvalue weighted by Gasteiger charge is -2.45. The van der Waals surface area contributed by atoms with Crippen molar-refractivity contribution in [3.63, 3.8) is 0 Å². The Morgan fingerprint density at radius 2 is 1.54 bits per heavy atom. The standard InChI is InChI=1S/C28H19Cl2F6NO4/c29-22-11-18(10-21(24(22)30)28(34,35)36)20(27(31,32)33)12-23(38)17-6-8-19(9-7-17)26(40)14-37(15-26)25(39)41-13-16-4-2-1-3-5-16/h1-12,40H,13-15H2. The highest BCUT2D eigenvalue weighted by Crippen LogP contribution is 2.43. The summed E-state index contributed by atoms with van der Waals surface area (Å²) in [5.74, 6) is -1.16. The van der Waals surface area contributed by atoms with E-state index in [0.717, 1.165) is 17.7 Å². The lowest BCUT2D eigenvalue weighted by atomic mass is 9.86. The fraction of sp³-hybridized carbons (Fsp3) is 0.214. The first-order valence-corrected chi connectivity index (χ1v) is 12.5. The minimum atomic E-state index is -5.21. The first-order chi connectivity index (χ1) is 19.1. The van der Waals surface area contributed by atoms with E-state index in [0.29, 0.717) is 11.6 Å². The van der Waals surface area contributed by atoms with Crippen LogP contribution in [0.25, 0.3) is 5.57 Å². The van der Waals surface area contributed by atoms with Crippen LogP contribution in [0.3, 0.4) is 0 Å². The van der Waals surface area contributed by atoms with Gasteiger partial charge in [0.1, 0.15) is 12.2 Å². The normalized spacial score (nSPS) is 15.3. The van der Waals surface area contributed by atoms with Crippen molar-refractivity contribution in [2.45, 2.75) is 24.6 Å². The number of hydrogen-bond acceptors (Lipinski definition) is 4. The van der Waals surface area contributed by atoms with Gasteiger partial charge >= 0.3 is 18.4 Å². The highest BCUT2D eigenvalue weighted by molar-refractivity contribution is 6.42. The zero-order valence-corrected chi connectivity index (χ0v) is 22.2. The zero-order chi connectivity index (χ0) is 30.2. The van der Waals surface area contributed by atoms with Gasteiger partial charge in [-0.25, -0.2) is 4.79 Å². The molecule has 0 saturated carbocycles. The topological polar surface area (TPSA) is 66.8 Å². The molecule has 1 heterocycles. The van der Waals surface area contributed by atoms with Gasteiger partial charge in [0, 0.05) is 5.56 Å². The predicted molar refractivity (Wildman–Crippen MR) is 138 cm³/mol. The molecule has 1 fully saturated rings. The molecule has 0 unspecified atom stereocenters. The second kappa shape index (κ2) is 11.4. The molecule has 0 bridgehead atoms. The minimum Gasteiger partial charge on any atom is -0.445 e. The van der Waals surface area contributed by atoms with Gasteiger partial charge in [0.05, 0.1) is 34.3 Å². The maximum Gasteiger partial charge on any atom is 0.417 e. The van der Waals surface area contributed by atoms with Crippen LogP contribution in [0.15, 0.2) is 72.8 Å². The van der Waals surface area contributed by atoms with Gasteiger partial charge in [-0.3, -0.25) is 4.79 Å². The highest BCUT2D eigenvalue weighted by atomic mass is 35.5. The number of nitrogens with zero attached hydrogens (tertiary/aromatic N) is 1. The largest absolute Gasteiger partial charge is 0.445 e. The van der Waals surface area contributed by atoms with Gasteiger partial charge in [-0.1, -0.05) is 77.8 Å². The fourth-order valence-corrected chi connectivity index (χ4v) is 4.58. The smallest absolute Gasteiger partial charge is 0.417 e. The number of ether oxygens (including phenoxy) is 1. The molecule has 1 amide bonds. The molecule has 1 aliphatic heterocycles. The zero-order valence-electron chi connectivity index (χ0n) is 20.7. The number of allylic oxidation sites excluding steroid dienone is 2. The molecule has 41 heavy (non-hydrogen) atoms. The lowest BCUT2D eigenvalue weighted by molar-refractivity contribution is -0.137. The van der Waals surface area contributed by atoms with Gasteiger partial charge < -0.3 is 14.7 Å². The van der Waals surface area contributed by atoms with Crippen LogP contribution in [-0.2, 0) is 23.1 Å². The Balaban J connectivity index is 1.49. The Morgan fingerprint density at radius 1 is 0.927 bits per heavy atom. The summed E-state index contributed by atoms with van der Waals surface area (Å²) in [6, 6.07) is 14.6. The van der Waals surface area contributed by atoms with E-state index in [-0.39, 0.29) is 37.4 Å². The summed E-state index contributed by atoms with van der Waals surface area (Å²) >= 11 is 11.2. The number of ketones is 1. The Bertz CT molecular complexity index is 1480. The maximum atomic E-state index is 13.8. The Morgan fingerprint density at radius 3 is 2.10 bits per heavy atom. The summed E-state index contributed by atoms with van der Waals surface area (Å²) in [6.07, 6.45) is -10.8. The average molecular weight is 618 g/mol. The van der Waals surface area contributed by atoms with E-state index in [4.69, 9.17) is 27.9 Å². The molecule has 3 aromatic carbocycles. The third-order valence-corrected chi connectivity index (χ3v) is 7.10. The second-order valence-corrected chi connectivity index (χ2v) is 10.0. The van der Waals surface area contributed by atoms with Gasteiger partial charge in [-0.2, -0.15) is 26.3 Å². The number of rotatable bonds is 6. The molecular formula is C28H19Cl2F6NO4. The number of halogens is 8. The number of amides is 1. The predicted octanol–water partition coefficient (Wildman–Crippen LogP) is 7.68. The molecule has 1 aliphatic rings. The van der Waals surface area contributed by atoms with Crippen molar-refractivity contribution in [1.29, 1.82) is 0 Å². The number of carbonyl (C=O) groups excluding carboxylic acids is 2. The number of benzene rings is 3. The Hall–Kier alpha value is -3.54. The number of alkyl halides is 6. The van der Waals surface area contributed by atoms with Gasteiger partial charge in [0.25, 0.3) is 0 Å². The molecule has 0 aliphatic carbocycles. The molecule has 1 N–H and O–H groups in total. The van der Waals surface area contributed by atoms with Crippen molar-refractivity contribution in [3.8, 4) is 0 Å². The van der Waals surface area contributed by atoms with Gasteiger partial charge in [-0.15, -0.1) is 0 Å². The molecule has 4 rings (SSSR count). The second-order valence-electron chi connectivity index (χ2n) is 9.24. The molecule has 5 nitrogen and oxygen atoms in total. The van der Waals surface area contributed by atoms with E-state index in [9.17, 15) is 41.0 Å². The number of aliphatic hydroxyl groups is 1. The van der Waals surface area contributed by atoms with Crippen LogP contribution in [0.1, 0.15) is 32.6 Å². The molecule has 1 saturated heterocycles. The van der Waals surface area contributed by atoms with Crippen molar-refractivity contribution < 1.29 is 45.8 Å². The number of β-amino-alcohol motifs (C(OH)–C–C–N with tert-alkyl or cyclic N) is 1. The number of carbonyl (C=O) groups is 2. The summed E-state index contributed by atoms with van der Waals surface area (Å²) in [6.45, 7) is -0.200. The Labute approximate surface area is 239 Å². The first kappa shape index (κ1) is 30.4. The van der Waals surface area contributed by atoms with E-state index < -0.39 is 56.6 Å². The molecule has 216 valence electrons. The third-order valence-electron chi connectivity index (χ3n) is 6.30. The van der Waals surface area contributed by atoms with Crippen LogP contribution >= 0.6 is 23.2 Å². The summed E-state index contributed by atoms with van der Waals surface area (Å²) < 4.78 is 86.5. The van der Waals surface area contributed by atoms with E-state index in [1.807, 2.05) is 6.07 Å². The van der Waals surface area contributed by atoms with Crippen LogP contribution in [0.4, 0.5) is 31.1 Å². The van der Waals surface area contributed by atoms with Crippen LogP contribution < -0.4 is 0 Å². The van der Waals surface area contributed by atoms with Crippen molar-refractivity contribution in [2.24, 2.45) is 0 Å². The SMILES string of the molecule is O=C(C=C(c1cc(Cl)c(Cl)c(C(F)(F)F)c1)C(F)(F)F)c1ccc(C2(O)CN(C(=O)OCc3ccccc3)C2)cc1. The number of likely N-dealkylation sites (tertiary alicyclic amines) is 1. The molecule has 0 aromatic heterocycles. The average Bonchev–Trinajstić information content (AvgIpc) is 2.89. The molecule has 0 radical (unpaired) electrons. The molecule has 13 heteroatoms. The van der Waals surface area contributed by atoms with Crippen molar-refractivity contribution in [1.82, 2.24) is 4.90 Å². The van der Waals surface area contributed by atoms with Crippen molar-refractivity contribution in [2.75, 3.05) is 13.1 Å². The van der Waals surface area contributed by atoms with Crippen LogP contribution in [0.5, 0.6) is 0 Å². The van der Waals surface area contributed by atoms with Crippen molar-refractivity contribution in [3.05, 3.63) is 111 Å². The van der Waals surface area contributed by atoms with E-state index >= 15 is 0 Å². The Kier molecular flexibility index (Phi) is 8.45. The summed E-state index contributed by atoms with van der Waals surface area (Å²) in [5.41, 5.74) is -4.87. The van der Waals surface area contributed by atoms with E-state index in [1.165, 1.54) is 17.0 Å². The minimum absolute atomic E-state index is 0.0403. The monoisotopic (exact) mass is 617 g/mol. The number of hydrogen-bond donors (Lipinski definition) is 1. The van der Waals surface area contributed by atoms with E-state index in [1.54, 1.807) is 24.3 Å². The van der Waals surface area contributed by atoms with E-state index in [2.05, 4.69) is 0 Å². The molecular weight excluding hydrogens is 599 g/mol. The first-order valence-electron chi connectivity index (χ1n) is 11.8. The molecule has 0 spiro atoms. The van der Waals surface area contributed by atoms with Crippen LogP contribution in [0, 0.1) is 0 Å². The van der Waals surface area contributed by atoms with Gasteiger partial charge in [-0.05, 0) is 34.9 Å². The van der Waals surface area contributed by atoms with Crippen LogP contribution in [0.2, 0.25) is 10.0 Å². The highest BCUT2D eigenvalue weighted by Gasteiger charge is 2.46. The van der Waals surface area contributed by atoms with Gasteiger partial charge in [0.2, 0.25) is 0 Å². The summed E-state index contributed by atoms with van der Waals surface area (Å²) in [5, 5.41) is 9.11. The summed E-state index contributed by atoms with van der Waals surface area (Å²) in [4.78, 5) is 26.2. The fourth-order valence-electron chi connectivity index (χ4n) is 4.15. The molecule has 0 atom stereocenters. The van der Waals surface area contributed by atoms with Crippen LogP contribution in [-0.4, -0.2) is 41.1 Å². The van der Waals surface area contributed by atoms with Crippen molar-refractivity contribution >= 4 is 40.7 Å². The summed E-state index contributed by atoms with van der Waals surface area (Å²) in [7, 11) is 0. The molecule has 3 aromatic rings. The quantitative estimate of drug-likeness (QED) is 0.175. The third kappa shape index (κ3) is 6.86. The maximum absolute atomic E-state index is 13.8. The lowest BCUT2D eigenvalue weighted by Crippen LogP contribution is -2.61.